The minimum Gasteiger partial charge on any atom is -0.492 e. The van der Waals surface area contributed by atoms with Crippen molar-refractivity contribution < 1.29 is 13.2 Å². The van der Waals surface area contributed by atoms with E-state index in [9.17, 15) is 8.42 Å². The summed E-state index contributed by atoms with van der Waals surface area (Å²) in [6.45, 7) is 2.04. The first-order valence-electron chi connectivity index (χ1n) is 6.29. The van der Waals surface area contributed by atoms with E-state index < -0.39 is 9.84 Å². The van der Waals surface area contributed by atoms with Gasteiger partial charge in [-0.15, -0.1) is 0 Å². The molecule has 1 aromatic carbocycles. The highest BCUT2D eigenvalue weighted by Gasteiger charge is 2.06. The number of pyridine rings is 1. The number of nitrogens with zero attached hydrogens (tertiary/aromatic N) is 1. The minimum absolute atomic E-state index is 0.171. The molecule has 0 amide bonds. The summed E-state index contributed by atoms with van der Waals surface area (Å²) in [4.78, 5) is 4.28. The summed E-state index contributed by atoms with van der Waals surface area (Å²) in [6, 6.07) is 9.70. The van der Waals surface area contributed by atoms with Crippen LogP contribution in [0.1, 0.15) is 13.3 Å². The van der Waals surface area contributed by atoms with Crippen LogP contribution in [0.25, 0.3) is 10.9 Å². The van der Waals surface area contributed by atoms with Crippen LogP contribution in [0.2, 0.25) is 0 Å². The van der Waals surface area contributed by atoms with Crippen molar-refractivity contribution in [1.82, 2.24) is 4.98 Å². The predicted molar refractivity (Wildman–Crippen MR) is 76.2 cm³/mol. The van der Waals surface area contributed by atoms with Crippen molar-refractivity contribution in [2.45, 2.75) is 13.3 Å². The Morgan fingerprint density at radius 3 is 2.84 bits per heavy atom. The predicted octanol–water partition coefficient (Wildman–Crippen LogP) is 2.44. The summed E-state index contributed by atoms with van der Waals surface area (Å²) in [6.07, 6.45) is 2.17. The van der Waals surface area contributed by atoms with Crippen molar-refractivity contribution in [3.05, 3.63) is 36.5 Å². The summed E-state index contributed by atoms with van der Waals surface area (Å²) >= 11 is 0. The highest BCUT2D eigenvalue weighted by Crippen LogP contribution is 2.17. The van der Waals surface area contributed by atoms with E-state index in [2.05, 4.69) is 4.98 Å². The number of hydrogen-bond acceptors (Lipinski definition) is 4. The maximum atomic E-state index is 11.3. The fourth-order valence-corrected chi connectivity index (χ4v) is 2.59. The summed E-state index contributed by atoms with van der Waals surface area (Å²) in [5.74, 6) is 1.03. The van der Waals surface area contributed by atoms with Crippen molar-refractivity contribution in [1.29, 1.82) is 0 Å². The van der Waals surface area contributed by atoms with Gasteiger partial charge in [-0.1, -0.05) is 25.1 Å². The van der Waals surface area contributed by atoms with E-state index in [4.69, 9.17) is 4.74 Å². The van der Waals surface area contributed by atoms with E-state index in [0.29, 0.717) is 18.8 Å². The SMILES string of the molecule is CCS(=O)(=O)CCCOc1cnc2ccccc2c1. The number of sulfone groups is 1. The number of aromatic nitrogens is 1. The second-order valence-electron chi connectivity index (χ2n) is 4.30. The number of fused-ring (bicyclic) bond motifs is 1. The summed E-state index contributed by atoms with van der Waals surface area (Å²) in [5.41, 5.74) is 0.920. The van der Waals surface area contributed by atoms with E-state index >= 15 is 0 Å². The Hall–Kier alpha value is -1.62. The number of para-hydroxylation sites is 1. The Labute approximate surface area is 113 Å². The second-order valence-corrected chi connectivity index (χ2v) is 6.77. The van der Waals surface area contributed by atoms with Crippen LogP contribution in [0.15, 0.2) is 36.5 Å². The molecular formula is C14H17NO3S. The number of benzene rings is 1. The molecular weight excluding hydrogens is 262 g/mol. The van der Waals surface area contributed by atoms with E-state index in [1.807, 2.05) is 30.3 Å². The molecule has 0 aliphatic carbocycles. The molecule has 1 heterocycles. The quantitative estimate of drug-likeness (QED) is 0.762. The molecule has 0 saturated carbocycles. The summed E-state index contributed by atoms with van der Waals surface area (Å²) in [7, 11) is -2.90. The molecule has 0 atom stereocenters. The lowest BCUT2D eigenvalue weighted by atomic mass is 10.2. The van der Waals surface area contributed by atoms with Crippen molar-refractivity contribution >= 4 is 20.7 Å². The Morgan fingerprint density at radius 2 is 2.05 bits per heavy atom. The first-order valence-corrected chi connectivity index (χ1v) is 8.11. The van der Waals surface area contributed by atoms with E-state index in [1.54, 1.807) is 13.1 Å². The van der Waals surface area contributed by atoms with Gasteiger partial charge >= 0.3 is 0 Å². The van der Waals surface area contributed by atoms with Crippen LogP contribution >= 0.6 is 0 Å². The number of ether oxygens (including phenoxy) is 1. The molecule has 0 spiro atoms. The van der Waals surface area contributed by atoms with Crippen molar-refractivity contribution in [2.75, 3.05) is 18.1 Å². The third kappa shape index (κ3) is 3.92. The van der Waals surface area contributed by atoms with Gasteiger partial charge < -0.3 is 4.74 Å². The molecule has 0 bridgehead atoms. The number of hydrogen-bond donors (Lipinski definition) is 0. The zero-order valence-corrected chi connectivity index (χ0v) is 11.7. The molecule has 0 aliphatic heterocycles. The minimum atomic E-state index is -2.90. The van der Waals surface area contributed by atoms with Crippen LogP contribution in [-0.4, -0.2) is 31.5 Å². The van der Waals surface area contributed by atoms with Crippen molar-refractivity contribution in [3.63, 3.8) is 0 Å². The van der Waals surface area contributed by atoms with Crippen LogP contribution in [0, 0.1) is 0 Å². The van der Waals surface area contributed by atoms with Gasteiger partial charge in [0.25, 0.3) is 0 Å². The smallest absolute Gasteiger partial charge is 0.150 e. The monoisotopic (exact) mass is 279 g/mol. The van der Waals surface area contributed by atoms with E-state index in [1.165, 1.54) is 0 Å². The van der Waals surface area contributed by atoms with Gasteiger partial charge in [0.1, 0.15) is 15.6 Å². The highest BCUT2D eigenvalue weighted by atomic mass is 32.2. The van der Waals surface area contributed by atoms with Crippen LogP contribution in [0.4, 0.5) is 0 Å². The Bertz CT molecular complexity index is 653. The average Bonchev–Trinajstić information content (AvgIpc) is 2.43. The third-order valence-corrected chi connectivity index (χ3v) is 4.66. The zero-order chi connectivity index (χ0) is 13.7. The summed E-state index contributed by atoms with van der Waals surface area (Å²) < 4.78 is 28.2. The lowest BCUT2D eigenvalue weighted by Crippen LogP contribution is -2.11. The second kappa shape index (κ2) is 6.02. The first kappa shape index (κ1) is 13.8. The van der Waals surface area contributed by atoms with Gasteiger partial charge in [0.15, 0.2) is 0 Å². The largest absolute Gasteiger partial charge is 0.492 e. The van der Waals surface area contributed by atoms with Gasteiger partial charge in [0.05, 0.1) is 24.1 Å². The van der Waals surface area contributed by atoms with Gasteiger partial charge in [-0.25, -0.2) is 8.42 Å². The zero-order valence-electron chi connectivity index (χ0n) is 10.9. The lowest BCUT2D eigenvalue weighted by molar-refractivity contribution is 0.317. The van der Waals surface area contributed by atoms with Crippen molar-refractivity contribution in [2.24, 2.45) is 0 Å². The molecule has 4 nitrogen and oxygen atoms in total. The van der Waals surface area contributed by atoms with Crippen molar-refractivity contribution in [3.8, 4) is 5.75 Å². The third-order valence-electron chi connectivity index (χ3n) is 2.87. The molecule has 0 N–H and O–H groups in total. The Kier molecular flexibility index (Phi) is 4.37. The average molecular weight is 279 g/mol. The van der Waals surface area contributed by atoms with Crippen LogP contribution in [0.5, 0.6) is 5.75 Å². The van der Waals surface area contributed by atoms with Gasteiger partial charge in [-0.3, -0.25) is 4.98 Å². The topological polar surface area (TPSA) is 56.3 Å². The standard InChI is InChI=1S/C14H17NO3S/c1-2-19(16,17)9-5-8-18-13-10-12-6-3-4-7-14(12)15-11-13/h3-4,6-7,10-11H,2,5,8-9H2,1H3. The molecule has 0 radical (unpaired) electrons. The molecule has 19 heavy (non-hydrogen) atoms. The van der Waals surface area contributed by atoms with Gasteiger partial charge in [-0.2, -0.15) is 0 Å². The summed E-state index contributed by atoms with van der Waals surface area (Å²) in [5, 5.41) is 1.01. The molecule has 0 unspecified atom stereocenters. The van der Waals surface area contributed by atoms with Gasteiger partial charge in [-0.05, 0) is 18.6 Å². The van der Waals surface area contributed by atoms with E-state index in [-0.39, 0.29) is 11.5 Å². The molecule has 0 fully saturated rings. The maximum Gasteiger partial charge on any atom is 0.150 e. The highest BCUT2D eigenvalue weighted by molar-refractivity contribution is 7.91. The Balaban J connectivity index is 1.91. The van der Waals surface area contributed by atoms with E-state index in [0.717, 1.165) is 10.9 Å². The van der Waals surface area contributed by atoms with Crippen LogP contribution in [-0.2, 0) is 9.84 Å². The molecule has 0 saturated heterocycles. The maximum absolute atomic E-state index is 11.3. The molecule has 1 aromatic heterocycles. The number of rotatable bonds is 6. The molecule has 102 valence electrons. The van der Waals surface area contributed by atoms with Gasteiger partial charge in [0, 0.05) is 11.1 Å². The van der Waals surface area contributed by atoms with Crippen LogP contribution < -0.4 is 4.74 Å². The molecule has 5 heteroatoms. The molecule has 2 aromatic rings. The lowest BCUT2D eigenvalue weighted by Gasteiger charge is -2.06. The van der Waals surface area contributed by atoms with Gasteiger partial charge in [0.2, 0.25) is 0 Å². The Morgan fingerprint density at radius 1 is 1.26 bits per heavy atom. The normalized spacial score (nSPS) is 11.6. The first-order chi connectivity index (χ1) is 9.11. The molecule has 0 aliphatic rings. The fourth-order valence-electron chi connectivity index (χ4n) is 1.74. The fraction of sp³-hybridized carbons (Fsp3) is 0.357. The van der Waals surface area contributed by atoms with Crippen LogP contribution in [0.3, 0.4) is 0 Å². The molecule has 2 rings (SSSR count).